The molecule has 0 aromatic heterocycles. The molecule has 0 bridgehead atoms. The Morgan fingerprint density at radius 3 is 2.76 bits per heavy atom. The van der Waals surface area contributed by atoms with Crippen LogP contribution in [-0.4, -0.2) is 16.6 Å². The maximum Gasteiger partial charge on any atom is 0.119 e. The lowest BCUT2D eigenvalue weighted by Crippen LogP contribution is -2.22. The number of benzene rings is 1. The lowest BCUT2D eigenvalue weighted by Gasteiger charge is -2.18. The fourth-order valence-electron chi connectivity index (χ4n) is 2.23. The van der Waals surface area contributed by atoms with Crippen LogP contribution >= 0.6 is 0 Å². The molecule has 3 nitrogen and oxygen atoms in total. The van der Waals surface area contributed by atoms with Gasteiger partial charge in [0, 0.05) is 18.6 Å². The number of hydrogen-bond acceptors (Lipinski definition) is 3. The molecule has 1 aromatic rings. The molecule has 114 valence electrons. The summed E-state index contributed by atoms with van der Waals surface area (Å²) in [6.07, 6.45) is 14.9. The van der Waals surface area contributed by atoms with Crippen molar-refractivity contribution in [3.63, 3.8) is 0 Å². The van der Waals surface area contributed by atoms with Gasteiger partial charge in [0.1, 0.15) is 6.67 Å². The van der Waals surface area contributed by atoms with E-state index in [2.05, 4.69) is 36.2 Å². The van der Waals surface area contributed by atoms with Crippen molar-refractivity contribution in [3.8, 4) is 0 Å². The third-order valence-electron chi connectivity index (χ3n) is 3.49. The molecule has 1 aromatic carbocycles. The number of unbranched alkanes of at least 4 members (excludes halogenated alkanes) is 4. The minimum atomic E-state index is 0.611. The van der Waals surface area contributed by atoms with Crippen molar-refractivity contribution < 1.29 is 4.84 Å². The minimum Gasteiger partial charge on any atom is -0.333 e. The van der Waals surface area contributed by atoms with Crippen LogP contribution in [-0.2, 0) is 11.4 Å². The molecule has 21 heavy (non-hydrogen) atoms. The SMILES string of the molecule is CCCCCCC=CN1C=CN(OCc2ccccc2)C1. The first-order valence-corrected chi connectivity index (χ1v) is 7.92. The van der Waals surface area contributed by atoms with Gasteiger partial charge in [-0.05, 0) is 18.4 Å². The van der Waals surface area contributed by atoms with E-state index in [1.165, 1.54) is 31.2 Å². The summed E-state index contributed by atoms with van der Waals surface area (Å²) in [5.41, 5.74) is 1.19. The zero-order valence-electron chi connectivity index (χ0n) is 12.9. The Labute approximate surface area is 128 Å². The molecule has 0 spiro atoms. The van der Waals surface area contributed by atoms with E-state index < -0.39 is 0 Å². The lowest BCUT2D eigenvalue weighted by molar-refractivity contribution is -0.136. The predicted octanol–water partition coefficient (Wildman–Crippen LogP) is 4.65. The van der Waals surface area contributed by atoms with Gasteiger partial charge >= 0.3 is 0 Å². The van der Waals surface area contributed by atoms with Crippen molar-refractivity contribution in [1.29, 1.82) is 0 Å². The van der Waals surface area contributed by atoms with Crippen molar-refractivity contribution >= 4 is 0 Å². The Kier molecular flexibility index (Phi) is 6.89. The summed E-state index contributed by atoms with van der Waals surface area (Å²) in [7, 11) is 0. The molecule has 0 saturated heterocycles. The Morgan fingerprint density at radius 2 is 1.95 bits per heavy atom. The average Bonchev–Trinajstić information content (AvgIpc) is 2.98. The summed E-state index contributed by atoms with van der Waals surface area (Å²) in [5, 5.41) is 1.87. The van der Waals surface area contributed by atoms with E-state index in [4.69, 9.17) is 4.84 Å². The normalized spacial score (nSPS) is 14.5. The number of rotatable bonds is 9. The van der Waals surface area contributed by atoms with Gasteiger partial charge in [0.25, 0.3) is 0 Å². The molecule has 1 heterocycles. The van der Waals surface area contributed by atoms with Crippen molar-refractivity contribution in [1.82, 2.24) is 9.96 Å². The van der Waals surface area contributed by atoms with E-state index in [0.717, 1.165) is 13.1 Å². The molecule has 0 fully saturated rings. The molecule has 1 aliphatic rings. The fourth-order valence-corrected chi connectivity index (χ4v) is 2.23. The first-order valence-electron chi connectivity index (χ1n) is 7.92. The Morgan fingerprint density at radius 1 is 1.10 bits per heavy atom. The van der Waals surface area contributed by atoms with Crippen molar-refractivity contribution in [2.45, 2.75) is 45.6 Å². The smallest absolute Gasteiger partial charge is 0.119 e. The molecular weight excluding hydrogens is 260 g/mol. The second-order valence-electron chi connectivity index (χ2n) is 5.36. The molecule has 1 aliphatic heterocycles. The van der Waals surface area contributed by atoms with Gasteiger partial charge in [-0.25, -0.2) is 5.06 Å². The number of nitrogens with zero attached hydrogens (tertiary/aromatic N) is 2. The third-order valence-corrected chi connectivity index (χ3v) is 3.49. The van der Waals surface area contributed by atoms with Crippen molar-refractivity contribution in [2.75, 3.05) is 6.67 Å². The average molecular weight is 286 g/mol. The Hall–Kier alpha value is -1.74. The van der Waals surface area contributed by atoms with Crippen LogP contribution in [0.5, 0.6) is 0 Å². The van der Waals surface area contributed by atoms with Gasteiger partial charge in [-0.15, -0.1) is 0 Å². The van der Waals surface area contributed by atoms with E-state index in [1.54, 1.807) is 0 Å². The highest BCUT2D eigenvalue weighted by atomic mass is 16.7. The topological polar surface area (TPSA) is 15.7 Å². The van der Waals surface area contributed by atoms with E-state index in [1.807, 2.05) is 35.7 Å². The summed E-state index contributed by atoms with van der Waals surface area (Å²) in [5.74, 6) is 0. The summed E-state index contributed by atoms with van der Waals surface area (Å²) >= 11 is 0. The highest BCUT2D eigenvalue weighted by molar-refractivity contribution is 5.13. The molecule has 2 rings (SSSR count). The van der Waals surface area contributed by atoms with Crippen LogP contribution in [0.1, 0.15) is 44.6 Å². The molecule has 0 N–H and O–H groups in total. The molecule has 0 amide bonds. The summed E-state index contributed by atoms with van der Waals surface area (Å²) in [4.78, 5) is 7.89. The molecule has 3 heteroatoms. The van der Waals surface area contributed by atoms with E-state index in [9.17, 15) is 0 Å². The molecule has 0 radical (unpaired) electrons. The highest BCUT2D eigenvalue weighted by Crippen LogP contribution is 2.11. The number of hydroxylamine groups is 2. The Bertz CT molecular complexity index is 442. The van der Waals surface area contributed by atoms with E-state index in [0.29, 0.717) is 6.61 Å². The summed E-state index contributed by atoms with van der Waals surface area (Å²) < 4.78 is 0. The summed E-state index contributed by atoms with van der Waals surface area (Å²) in [6, 6.07) is 10.2. The first-order chi connectivity index (χ1) is 10.4. The standard InChI is InChI=1S/C18H26N2O/c1-2-3-4-5-6-10-13-19-14-15-20(17-19)21-16-18-11-8-7-9-12-18/h7-15H,2-6,16-17H2,1H3. The number of hydrogen-bond donors (Lipinski definition) is 0. The molecular formula is C18H26N2O. The van der Waals surface area contributed by atoms with E-state index >= 15 is 0 Å². The van der Waals surface area contributed by atoms with Crippen molar-refractivity contribution in [3.05, 3.63) is 60.6 Å². The van der Waals surface area contributed by atoms with Crippen molar-refractivity contribution in [2.24, 2.45) is 0 Å². The largest absolute Gasteiger partial charge is 0.333 e. The quantitative estimate of drug-likeness (QED) is 0.615. The van der Waals surface area contributed by atoms with Gasteiger partial charge in [-0.2, -0.15) is 0 Å². The van der Waals surface area contributed by atoms with Gasteiger partial charge < -0.3 is 4.90 Å². The molecule has 0 atom stereocenters. The predicted molar refractivity (Wildman–Crippen MR) is 86.8 cm³/mol. The van der Waals surface area contributed by atoms with Crippen LogP contribution in [0.4, 0.5) is 0 Å². The fraction of sp³-hybridized carbons (Fsp3) is 0.444. The third kappa shape index (κ3) is 6.05. The van der Waals surface area contributed by atoms with Crippen LogP contribution in [0.3, 0.4) is 0 Å². The van der Waals surface area contributed by atoms with Crippen LogP contribution in [0.15, 0.2) is 55.0 Å². The van der Waals surface area contributed by atoms with Crippen LogP contribution in [0, 0.1) is 0 Å². The maximum absolute atomic E-state index is 5.75. The number of allylic oxidation sites excluding steroid dienone is 1. The molecule has 0 aliphatic carbocycles. The monoisotopic (exact) mass is 286 g/mol. The van der Waals surface area contributed by atoms with Crippen LogP contribution in [0.2, 0.25) is 0 Å². The van der Waals surface area contributed by atoms with Gasteiger partial charge in [0.15, 0.2) is 0 Å². The summed E-state index contributed by atoms with van der Waals surface area (Å²) in [6.45, 7) is 3.62. The van der Waals surface area contributed by atoms with Gasteiger partial charge in [0.2, 0.25) is 0 Å². The molecule has 0 saturated carbocycles. The zero-order valence-corrected chi connectivity index (χ0v) is 12.9. The van der Waals surface area contributed by atoms with Crippen LogP contribution in [0.25, 0.3) is 0 Å². The first kappa shape index (κ1) is 15.6. The van der Waals surface area contributed by atoms with Crippen LogP contribution < -0.4 is 0 Å². The molecule has 0 unspecified atom stereocenters. The second-order valence-corrected chi connectivity index (χ2v) is 5.36. The Balaban J connectivity index is 1.60. The van der Waals surface area contributed by atoms with Gasteiger partial charge in [-0.1, -0.05) is 62.6 Å². The van der Waals surface area contributed by atoms with E-state index in [-0.39, 0.29) is 0 Å². The zero-order chi connectivity index (χ0) is 14.8. The second kappa shape index (κ2) is 9.24. The highest BCUT2D eigenvalue weighted by Gasteiger charge is 2.10. The maximum atomic E-state index is 5.75. The minimum absolute atomic E-state index is 0.611. The van der Waals surface area contributed by atoms with Gasteiger partial charge in [-0.3, -0.25) is 4.84 Å². The lowest BCUT2D eigenvalue weighted by atomic mass is 10.1. The van der Waals surface area contributed by atoms with Gasteiger partial charge in [0.05, 0.1) is 6.61 Å².